The van der Waals surface area contributed by atoms with Crippen LogP contribution in [0.25, 0.3) is 0 Å². The van der Waals surface area contributed by atoms with Crippen LogP contribution in [0, 0.1) is 0 Å². The van der Waals surface area contributed by atoms with Crippen molar-refractivity contribution in [3.63, 3.8) is 0 Å². The summed E-state index contributed by atoms with van der Waals surface area (Å²) in [5.74, 6) is -1.73. The molecule has 2 N–H and O–H groups in total. The molecule has 0 saturated heterocycles. The summed E-state index contributed by atoms with van der Waals surface area (Å²) >= 11 is -2.20. The minimum atomic E-state index is -3.82. The molecule has 0 aliphatic rings. The molecule has 0 aliphatic heterocycles. The van der Waals surface area contributed by atoms with E-state index in [1.54, 1.807) is 24.3 Å². The molecular weight excluding hydrogens is 501 g/mol. The van der Waals surface area contributed by atoms with Crippen molar-refractivity contribution < 1.29 is 71.5 Å². The predicted octanol–water partition coefficient (Wildman–Crippen LogP) is -1.13. The maximum Gasteiger partial charge on any atom is 1.00 e. The summed E-state index contributed by atoms with van der Waals surface area (Å²) in [6.07, 6.45) is 0. The standard InChI is InChI=1S/C19H21N3O9S2.Na/c1-13(23)18(19(24)20-16-5-3-4-6-17(16)29-2)22-21-14-7-9-15(10-8-14)33(27,28)12-11-32(26)31-30-25;/h3-10,23,25H,11-12H2,1-2H3,(H,20,24);/q;+1/p-1/b18-13+,22-21?;. The van der Waals surface area contributed by atoms with Crippen molar-refractivity contribution in [3.8, 4) is 5.75 Å². The van der Waals surface area contributed by atoms with Crippen LogP contribution in [0.3, 0.4) is 0 Å². The van der Waals surface area contributed by atoms with Crippen LogP contribution in [0.1, 0.15) is 6.92 Å². The minimum absolute atomic E-state index is 0. The van der Waals surface area contributed by atoms with E-state index >= 15 is 0 Å². The van der Waals surface area contributed by atoms with Crippen LogP contribution in [-0.2, 0) is 35.1 Å². The number of nitrogens with one attached hydrogen (secondary N) is 1. The number of allylic oxidation sites excluding steroid dienone is 1. The molecule has 0 radical (unpaired) electrons. The molecule has 0 aliphatic carbocycles. The van der Waals surface area contributed by atoms with E-state index in [1.807, 2.05) is 0 Å². The quantitative estimate of drug-likeness (QED) is 0.0925. The zero-order valence-corrected chi connectivity index (χ0v) is 22.1. The number of methoxy groups -OCH3 is 1. The van der Waals surface area contributed by atoms with Gasteiger partial charge in [-0.15, -0.1) is 9.45 Å². The predicted molar refractivity (Wildman–Crippen MR) is 115 cm³/mol. The summed E-state index contributed by atoms with van der Waals surface area (Å²) in [7, 11) is -2.38. The summed E-state index contributed by atoms with van der Waals surface area (Å²) < 4.78 is 44.7. The van der Waals surface area contributed by atoms with Gasteiger partial charge in [-0.3, -0.25) is 9.83 Å². The number of anilines is 1. The Morgan fingerprint density at radius 2 is 1.82 bits per heavy atom. The van der Waals surface area contributed by atoms with Gasteiger partial charge >= 0.3 is 29.6 Å². The average molecular weight is 522 g/mol. The first kappa shape index (κ1) is 29.9. The van der Waals surface area contributed by atoms with Gasteiger partial charge in [-0.25, -0.2) is 12.6 Å². The molecule has 2 aromatic rings. The maximum absolute atomic E-state index is 12.5. The first-order chi connectivity index (χ1) is 15.7. The van der Waals surface area contributed by atoms with Gasteiger partial charge in [-0.05, 0) is 43.3 Å². The van der Waals surface area contributed by atoms with Gasteiger partial charge < -0.3 is 20.4 Å². The van der Waals surface area contributed by atoms with Gasteiger partial charge in [-0.1, -0.05) is 12.1 Å². The monoisotopic (exact) mass is 521 g/mol. The maximum atomic E-state index is 12.5. The molecule has 0 fully saturated rings. The van der Waals surface area contributed by atoms with Crippen LogP contribution >= 0.6 is 0 Å². The Morgan fingerprint density at radius 1 is 1.18 bits per heavy atom. The molecule has 0 heterocycles. The average Bonchev–Trinajstić information content (AvgIpc) is 2.78. The van der Waals surface area contributed by atoms with Gasteiger partial charge in [0.15, 0.2) is 26.6 Å². The number of hydrogen-bond acceptors (Lipinski definition) is 11. The van der Waals surface area contributed by atoms with Gasteiger partial charge in [0.2, 0.25) is 0 Å². The van der Waals surface area contributed by atoms with Crippen molar-refractivity contribution >= 4 is 38.2 Å². The third-order valence-electron chi connectivity index (χ3n) is 4.00. The summed E-state index contributed by atoms with van der Waals surface area (Å²) in [5, 5.41) is 32.8. The number of benzene rings is 2. The molecule has 34 heavy (non-hydrogen) atoms. The molecule has 1 unspecified atom stereocenters. The third-order valence-corrected chi connectivity index (χ3v) is 6.73. The topological polar surface area (TPSA) is 176 Å². The molecule has 1 atom stereocenters. The van der Waals surface area contributed by atoms with Gasteiger partial charge in [0.25, 0.3) is 5.91 Å². The first-order valence-electron chi connectivity index (χ1n) is 9.12. The number of ether oxygens (including phenoxy) is 1. The molecule has 178 valence electrons. The molecule has 2 rings (SSSR count). The fourth-order valence-corrected chi connectivity index (χ4v) is 4.74. The zero-order valence-electron chi connectivity index (χ0n) is 18.5. The van der Waals surface area contributed by atoms with Crippen LogP contribution in [0.15, 0.2) is 75.1 Å². The number of para-hydroxylation sites is 2. The Balaban J connectivity index is 0.00000578. The van der Waals surface area contributed by atoms with Crippen molar-refractivity contribution in [2.45, 2.75) is 11.8 Å². The smallest absolute Gasteiger partial charge is 0.691 e. The van der Waals surface area contributed by atoms with Crippen LogP contribution in [0.5, 0.6) is 5.75 Å². The molecule has 1 amide bonds. The van der Waals surface area contributed by atoms with Gasteiger partial charge in [0.1, 0.15) is 11.5 Å². The molecule has 0 saturated carbocycles. The van der Waals surface area contributed by atoms with Crippen molar-refractivity contribution in [3.05, 3.63) is 60.0 Å². The Labute approximate surface area is 220 Å². The second kappa shape index (κ2) is 14.3. The fraction of sp³-hybridized carbons (Fsp3) is 0.211. The van der Waals surface area contributed by atoms with Gasteiger partial charge in [0, 0.05) is 0 Å². The number of hydrogen-bond donors (Lipinski definition) is 2. The second-order valence-corrected chi connectivity index (χ2v) is 9.51. The summed E-state index contributed by atoms with van der Waals surface area (Å²) in [4.78, 5) is 12.4. The molecule has 0 bridgehead atoms. The van der Waals surface area contributed by atoms with E-state index in [0.717, 1.165) is 0 Å². The van der Waals surface area contributed by atoms with E-state index in [-0.39, 0.29) is 51.6 Å². The number of rotatable bonds is 11. The first-order valence-corrected chi connectivity index (χ1v) is 12.0. The summed E-state index contributed by atoms with van der Waals surface area (Å²) in [5.41, 5.74) is 0.201. The summed E-state index contributed by atoms with van der Waals surface area (Å²) in [6, 6.07) is 11.8. The van der Waals surface area contributed by atoms with Gasteiger partial charge in [-0.2, -0.15) is 5.11 Å². The van der Waals surface area contributed by atoms with Crippen molar-refractivity contribution in [2.24, 2.45) is 10.2 Å². The van der Waals surface area contributed by atoms with Crippen molar-refractivity contribution in [2.75, 3.05) is 23.9 Å². The number of nitrogens with zero attached hydrogens (tertiary/aromatic N) is 2. The van der Waals surface area contributed by atoms with E-state index in [1.165, 1.54) is 38.3 Å². The number of carbonyl (C=O) groups excluding carboxylic acids is 1. The summed E-state index contributed by atoms with van der Waals surface area (Å²) in [6.45, 7) is 1.26. The number of carbonyl (C=O) groups is 1. The number of aliphatic hydroxyl groups is 1. The van der Waals surface area contributed by atoms with Crippen molar-refractivity contribution in [1.29, 1.82) is 0 Å². The van der Waals surface area contributed by atoms with Crippen LogP contribution in [-0.4, -0.2) is 42.3 Å². The third kappa shape index (κ3) is 8.88. The van der Waals surface area contributed by atoms with E-state index in [2.05, 4.69) is 24.9 Å². The van der Waals surface area contributed by atoms with E-state index in [0.29, 0.717) is 11.4 Å². The van der Waals surface area contributed by atoms with Crippen LogP contribution in [0.4, 0.5) is 11.4 Å². The van der Waals surface area contributed by atoms with Gasteiger partial charge in [0.05, 0.1) is 34.9 Å². The molecule has 0 aromatic heterocycles. The normalized spacial score (nSPS) is 13.0. The Bertz CT molecular complexity index is 1170. The van der Waals surface area contributed by atoms with Crippen molar-refractivity contribution in [1.82, 2.24) is 0 Å². The molecule has 12 nitrogen and oxygen atoms in total. The SMILES string of the molecule is COc1ccccc1NC(=O)/C(N=Nc1ccc(S(=O)(=O)CCS(=O)OO[O-])cc1)=C(/C)O.[Na+]. The van der Waals surface area contributed by atoms with E-state index in [9.17, 15) is 27.8 Å². The molecule has 0 spiro atoms. The Morgan fingerprint density at radius 3 is 2.41 bits per heavy atom. The van der Waals surface area contributed by atoms with E-state index in [4.69, 9.17) is 4.74 Å². The second-order valence-electron chi connectivity index (χ2n) is 6.25. The minimum Gasteiger partial charge on any atom is -0.691 e. The van der Waals surface area contributed by atoms with Crippen LogP contribution < -0.4 is 44.9 Å². The Kier molecular flexibility index (Phi) is 12.5. The largest absolute Gasteiger partial charge is 1.00 e. The zero-order chi connectivity index (χ0) is 24.4. The fourth-order valence-electron chi connectivity index (χ4n) is 2.40. The van der Waals surface area contributed by atoms with Crippen LogP contribution in [0.2, 0.25) is 0 Å². The number of azo groups is 1. The molecule has 2 aromatic carbocycles. The molecular formula is C19H20N3NaO9S2. The number of sulfone groups is 1. The van der Waals surface area contributed by atoms with E-state index < -0.39 is 38.3 Å². The number of amides is 1. The number of aliphatic hydroxyl groups excluding tert-OH is 1. The Hall–Kier alpha value is -2.17. The molecule has 15 heteroatoms.